The monoisotopic (exact) mass is 462 g/mol. The smallest absolute Gasteiger partial charge is 0.231 e. The molecule has 0 radical (unpaired) electrons. The average molecular weight is 463 g/mol. The molecule has 5 rings (SSSR count). The van der Waals surface area contributed by atoms with E-state index < -0.39 is 0 Å². The van der Waals surface area contributed by atoms with Crippen molar-refractivity contribution < 1.29 is 19.0 Å². The first-order chi connectivity index (χ1) is 16.5. The van der Waals surface area contributed by atoms with Crippen molar-refractivity contribution in [1.29, 1.82) is 0 Å². The molecule has 178 valence electrons. The third kappa shape index (κ3) is 4.59. The van der Waals surface area contributed by atoms with Gasteiger partial charge in [0.05, 0.1) is 24.9 Å². The molecule has 2 aliphatic rings. The number of benzene rings is 2. The SMILES string of the molecule is COc1ccc2c(c1)C[C@@H](C(=O)Nc1ccc(-c3cn[nH]c3C)cc1O[C@@H]1CCN(C)C1)CO2. The highest BCUT2D eigenvalue weighted by Crippen LogP contribution is 2.35. The van der Waals surface area contributed by atoms with Crippen molar-refractivity contribution in [3.63, 3.8) is 0 Å². The van der Waals surface area contributed by atoms with Gasteiger partial charge in [0, 0.05) is 24.3 Å². The van der Waals surface area contributed by atoms with Crippen molar-refractivity contribution >= 4 is 11.6 Å². The van der Waals surface area contributed by atoms with Crippen LogP contribution >= 0.6 is 0 Å². The second-order valence-electron chi connectivity index (χ2n) is 9.09. The summed E-state index contributed by atoms with van der Waals surface area (Å²) in [6.45, 7) is 4.17. The van der Waals surface area contributed by atoms with Gasteiger partial charge >= 0.3 is 0 Å². The number of methoxy groups -OCH3 is 1. The number of carbonyl (C=O) groups excluding carboxylic acids is 1. The van der Waals surface area contributed by atoms with Crippen LogP contribution in [-0.2, 0) is 11.2 Å². The van der Waals surface area contributed by atoms with Gasteiger partial charge in [-0.1, -0.05) is 6.07 Å². The summed E-state index contributed by atoms with van der Waals surface area (Å²) >= 11 is 0. The van der Waals surface area contributed by atoms with Gasteiger partial charge in [0.2, 0.25) is 5.91 Å². The third-order valence-electron chi connectivity index (χ3n) is 6.57. The van der Waals surface area contributed by atoms with Crippen molar-refractivity contribution in [3.05, 3.63) is 53.9 Å². The molecular weight excluding hydrogens is 432 g/mol. The van der Waals surface area contributed by atoms with Crippen molar-refractivity contribution in [1.82, 2.24) is 15.1 Å². The minimum absolute atomic E-state index is 0.0821. The van der Waals surface area contributed by atoms with Crippen LogP contribution in [0.3, 0.4) is 0 Å². The Morgan fingerprint density at radius 1 is 1.26 bits per heavy atom. The van der Waals surface area contributed by atoms with E-state index in [1.54, 1.807) is 13.3 Å². The molecule has 1 amide bonds. The highest BCUT2D eigenvalue weighted by Gasteiger charge is 2.28. The number of ether oxygens (including phenoxy) is 3. The van der Waals surface area contributed by atoms with Crippen LogP contribution < -0.4 is 19.5 Å². The van der Waals surface area contributed by atoms with Crippen LogP contribution in [0.1, 0.15) is 17.7 Å². The second kappa shape index (κ2) is 9.38. The normalized spacial score (nSPS) is 19.9. The molecule has 3 aromatic rings. The number of H-pyrrole nitrogens is 1. The molecule has 0 aliphatic carbocycles. The van der Waals surface area contributed by atoms with Gasteiger partial charge in [0.15, 0.2) is 0 Å². The van der Waals surface area contributed by atoms with Gasteiger partial charge in [0.1, 0.15) is 30.0 Å². The lowest BCUT2D eigenvalue weighted by Gasteiger charge is -2.25. The van der Waals surface area contributed by atoms with E-state index >= 15 is 0 Å². The van der Waals surface area contributed by atoms with E-state index in [1.165, 1.54) is 0 Å². The first-order valence-corrected chi connectivity index (χ1v) is 11.6. The highest BCUT2D eigenvalue weighted by molar-refractivity contribution is 5.95. The fourth-order valence-corrected chi connectivity index (χ4v) is 4.60. The molecule has 8 heteroatoms. The van der Waals surface area contributed by atoms with Gasteiger partial charge in [-0.15, -0.1) is 0 Å². The maximum absolute atomic E-state index is 13.2. The lowest BCUT2D eigenvalue weighted by molar-refractivity contribution is -0.121. The molecule has 2 N–H and O–H groups in total. The minimum Gasteiger partial charge on any atom is -0.497 e. The van der Waals surface area contributed by atoms with Crippen molar-refractivity contribution in [2.45, 2.75) is 25.9 Å². The molecule has 2 aliphatic heterocycles. The minimum atomic E-state index is -0.305. The fraction of sp³-hybridized carbons (Fsp3) is 0.385. The number of aryl methyl sites for hydroxylation is 1. The predicted octanol–water partition coefficient (Wildman–Crippen LogP) is 3.67. The number of likely N-dealkylation sites (tertiary alicyclic amines) is 1. The molecule has 0 spiro atoms. The Hall–Kier alpha value is -3.52. The van der Waals surface area contributed by atoms with Gasteiger partial charge in [-0.2, -0.15) is 5.10 Å². The number of aromatic nitrogens is 2. The summed E-state index contributed by atoms with van der Waals surface area (Å²) in [5.74, 6) is 1.84. The zero-order chi connectivity index (χ0) is 23.7. The molecule has 0 bridgehead atoms. The lowest BCUT2D eigenvalue weighted by Crippen LogP contribution is -2.33. The number of aromatic amines is 1. The fourth-order valence-electron chi connectivity index (χ4n) is 4.60. The zero-order valence-corrected chi connectivity index (χ0v) is 19.8. The summed E-state index contributed by atoms with van der Waals surface area (Å²) < 4.78 is 17.6. The number of rotatable bonds is 6. The highest BCUT2D eigenvalue weighted by atomic mass is 16.5. The van der Waals surface area contributed by atoms with E-state index in [0.29, 0.717) is 24.5 Å². The van der Waals surface area contributed by atoms with E-state index in [2.05, 4.69) is 27.5 Å². The number of nitrogens with zero attached hydrogens (tertiary/aromatic N) is 2. The molecular formula is C26H30N4O4. The lowest BCUT2D eigenvalue weighted by atomic mass is 9.95. The Morgan fingerprint density at radius 3 is 2.88 bits per heavy atom. The standard InChI is InChI=1S/C26H30N4O4/c1-16-22(13-27-29-16)17-4-6-23(25(12-17)34-21-8-9-30(2)14-21)28-26(31)19-10-18-11-20(32-3)5-7-24(18)33-15-19/h4-7,11-13,19,21H,8-10,14-15H2,1-3H3,(H,27,29)(H,28,31)/t19-,21-/m1/s1. The molecule has 1 aromatic heterocycles. The van der Waals surface area contributed by atoms with Gasteiger partial charge in [-0.25, -0.2) is 0 Å². The van der Waals surface area contributed by atoms with Crippen molar-refractivity contribution in [3.8, 4) is 28.4 Å². The summed E-state index contributed by atoms with van der Waals surface area (Å²) in [4.78, 5) is 15.5. The number of anilines is 1. The maximum atomic E-state index is 13.2. The molecule has 34 heavy (non-hydrogen) atoms. The predicted molar refractivity (Wildman–Crippen MR) is 130 cm³/mol. The van der Waals surface area contributed by atoms with Crippen molar-refractivity contribution in [2.24, 2.45) is 5.92 Å². The molecule has 0 unspecified atom stereocenters. The largest absolute Gasteiger partial charge is 0.497 e. The van der Waals surface area contributed by atoms with Gasteiger partial charge in [-0.3, -0.25) is 9.89 Å². The second-order valence-corrected chi connectivity index (χ2v) is 9.09. The van der Waals surface area contributed by atoms with Crippen LogP contribution in [0.25, 0.3) is 11.1 Å². The average Bonchev–Trinajstić information content (AvgIpc) is 3.46. The molecule has 2 atom stereocenters. The Bertz CT molecular complexity index is 1190. The Kier molecular flexibility index (Phi) is 6.15. The summed E-state index contributed by atoms with van der Waals surface area (Å²) in [6, 6.07) is 11.6. The van der Waals surface area contributed by atoms with Crippen LogP contribution in [-0.4, -0.2) is 61.0 Å². The Labute approximate surface area is 199 Å². The van der Waals surface area contributed by atoms with Gasteiger partial charge < -0.3 is 24.4 Å². The molecule has 2 aromatic carbocycles. The summed E-state index contributed by atoms with van der Waals surface area (Å²) in [5, 5.41) is 10.2. The van der Waals surface area contributed by atoms with Crippen LogP contribution in [0.2, 0.25) is 0 Å². The molecule has 0 saturated carbocycles. The summed E-state index contributed by atoms with van der Waals surface area (Å²) in [6.07, 6.45) is 3.43. The number of hydrogen-bond acceptors (Lipinski definition) is 6. The Balaban J connectivity index is 1.37. The van der Waals surface area contributed by atoms with Crippen LogP contribution in [0.4, 0.5) is 5.69 Å². The topological polar surface area (TPSA) is 88.7 Å². The van der Waals surface area contributed by atoms with E-state index in [9.17, 15) is 4.79 Å². The number of amides is 1. The number of fused-ring (bicyclic) bond motifs is 1. The maximum Gasteiger partial charge on any atom is 0.231 e. The zero-order valence-electron chi connectivity index (χ0n) is 19.8. The third-order valence-corrected chi connectivity index (χ3v) is 6.57. The Morgan fingerprint density at radius 2 is 2.15 bits per heavy atom. The molecule has 8 nitrogen and oxygen atoms in total. The summed E-state index contributed by atoms with van der Waals surface area (Å²) in [5.41, 5.74) is 4.63. The van der Waals surface area contributed by atoms with E-state index in [1.807, 2.05) is 43.3 Å². The summed E-state index contributed by atoms with van der Waals surface area (Å²) in [7, 11) is 3.72. The van der Waals surface area contributed by atoms with Crippen LogP contribution in [0.5, 0.6) is 17.2 Å². The molecule has 1 fully saturated rings. The number of nitrogens with one attached hydrogen (secondary N) is 2. The van der Waals surface area contributed by atoms with E-state index in [-0.39, 0.29) is 17.9 Å². The van der Waals surface area contributed by atoms with Gasteiger partial charge in [0.25, 0.3) is 0 Å². The first-order valence-electron chi connectivity index (χ1n) is 11.6. The number of carbonyl (C=O) groups is 1. The molecule has 3 heterocycles. The van der Waals surface area contributed by atoms with Crippen LogP contribution in [0, 0.1) is 12.8 Å². The van der Waals surface area contributed by atoms with Crippen LogP contribution in [0.15, 0.2) is 42.6 Å². The van der Waals surface area contributed by atoms with Crippen molar-refractivity contribution in [2.75, 3.05) is 39.2 Å². The first kappa shape index (κ1) is 22.3. The van der Waals surface area contributed by atoms with E-state index in [4.69, 9.17) is 14.2 Å². The number of hydrogen-bond donors (Lipinski definition) is 2. The number of likely N-dealkylation sites (N-methyl/N-ethyl adjacent to an activating group) is 1. The van der Waals surface area contributed by atoms with Gasteiger partial charge in [-0.05, 0) is 68.3 Å². The molecule has 1 saturated heterocycles. The van der Waals surface area contributed by atoms with E-state index in [0.717, 1.165) is 53.4 Å². The quantitative estimate of drug-likeness (QED) is 0.581.